The van der Waals surface area contributed by atoms with E-state index in [4.69, 9.17) is 5.73 Å². The first-order valence-electron chi connectivity index (χ1n) is 6.24. The van der Waals surface area contributed by atoms with E-state index in [-0.39, 0.29) is 5.91 Å². The molecule has 0 aliphatic heterocycles. The zero-order valence-corrected chi connectivity index (χ0v) is 13.0. The lowest BCUT2D eigenvalue weighted by Gasteiger charge is -2.21. The van der Waals surface area contributed by atoms with Crippen molar-refractivity contribution < 1.29 is 13.2 Å². The SMILES string of the molecule is CCC(C)(N)C(=O)Nc1ccc(NS(C)(=O)=O)c(C)c1. The molecule has 7 heteroatoms. The van der Waals surface area contributed by atoms with Gasteiger partial charge in [-0.1, -0.05) is 6.92 Å². The van der Waals surface area contributed by atoms with Gasteiger partial charge >= 0.3 is 0 Å². The van der Waals surface area contributed by atoms with E-state index in [0.29, 0.717) is 23.4 Å². The molecule has 1 amide bonds. The number of nitrogens with two attached hydrogens (primary N) is 1. The van der Waals surface area contributed by atoms with Crippen molar-refractivity contribution in [3.05, 3.63) is 23.8 Å². The van der Waals surface area contributed by atoms with Gasteiger partial charge in [0, 0.05) is 5.69 Å². The molecule has 0 saturated carbocycles. The zero-order valence-electron chi connectivity index (χ0n) is 12.1. The van der Waals surface area contributed by atoms with Gasteiger partial charge in [-0.15, -0.1) is 0 Å². The average Bonchev–Trinajstić information content (AvgIpc) is 2.31. The number of anilines is 2. The summed E-state index contributed by atoms with van der Waals surface area (Å²) >= 11 is 0. The van der Waals surface area contributed by atoms with Crippen molar-refractivity contribution >= 4 is 27.3 Å². The van der Waals surface area contributed by atoms with Crippen molar-refractivity contribution in [2.75, 3.05) is 16.3 Å². The summed E-state index contributed by atoms with van der Waals surface area (Å²) in [6.45, 7) is 5.25. The van der Waals surface area contributed by atoms with E-state index in [1.54, 1.807) is 32.0 Å². The largest absolute Gasteiger partial charge is 0.324 e. The molecule has 1 aromatic carbocycles. The highest BCUT2D eigenvalue weighted by atomic mass is 32.2. The summed E-state index contributed by atoms with van der Waals surface area (Å²) in [7, 11) is -3.32. The van der Waals surface area contributed by atoms with Crippen LogP contribution in [0.5, 0.6) is 0 Å². The van der Waals surface area contributed by atoms with Crippen LogP contribution in [0.2, 0.25) is 0 Å². The molecule has 112 valence electrons. The minimum absolute atomic E-state index is 0.275. The molecular weight excluding hydrogens is 278 g/mol. The van der Waals surface area contributed by atoms with Crippen LogP contribution in [0.15, 0.2) is 18.2 Å². The second kappa shape index (κ2) is 5.80. The van der Waals surface area contributed by atoms with Gasteiger partial charge in [0.05, 0.1) is 17.5 Å². The fraction of sp³-hybridized carbons (Fsp3) is 0.462. The fourth-order valence-electron chi connectivity index (χ4n) is 1.49. The van der Waals surface area contributed by atoms with Crippen LogP contribution >= 0.6 is 0 Å². The molecule has 0 aliphatic carbocycles. The lowest BCUT2D eigenvalue weighted by molar-refractivity contribution is -0.120. The molecule has 1 unspecified atom stereocenters. The standard InChI is InChI=1S/C13H21N3O3S/c1-5-13(3,14)12(17)15-10-6-7-11(9(2)8-10)16-20(4,18)19/h6-8,16H,5,14H2,1-4H3,(H,15,17). The summed E-state index contributed by atoms with van der Waals surface area (Å²) in [6.07, 6.45) is 1.61. The summed E-state index contributed by atoms with van der Waals surface area (Å²) in [4.78, 5) is 11.9. The average molecular weight is 299 g/mol. The third-order valence-corrected chi connectivity index (χ3v) is 3.62. The number of amides is 1. The first kappa shape index (κ1) is 16.5. The second-order valence-corrected chi connectivity index (χ2v) is 6.88. The Hall–Kier alpha value is -1.60. The molecular formula is C13H21N3O3S. The lowest BCUT2D eigenvalue weighted by atomic mass is 9.99. The Kier molecular flexibility index (Phi) is 4.77. The number of carbonyl (C=O) groups is 1. The predicted octanol–water partition coefficient (Wildman–Crippen LogP) is 1.43. The van der Waals surface area contributed by atoms with Crippen molar-refractivity contribution in [1.29, 1.82) is 0 Å². The Bertz CT molecular complexity index is 609. The molecule has 1 atom stereocenters. The summed E-state index contributed by atoms with van der Waals surface area (Å²) in [6, 6.07) is 4.92. The molecule has 0 fully saturated rings. The molecule has 0 aromatic heterocycles. The normalized spacial score (nSPS) is 14.4. The Morgan fingerprint density at radius 2 is 2.00 bits per heavy atom. The van der Waals surface area contributed by atoms with Gasteiger partial charge in [-0.25, -0.2) is 8.42 Å². The fourth-order valence-corrected chi connectivity index (χ4v) is 2.12. The number of carbonyl (C=O) groups excluding carboxylic acids is 1. The number of benzene rings is 1. The van der Waals surface area contributed by atoms with Crippen LogP contribution in [-0.4, -0.2) is 26.1 Å². The minimum Gasteiger partial charge on any atom is -0.324 e. The first-order valence-corrected chi connectivity index (χ1v) is 8.13. The molecule has 0 saturated heterocycles. The van der Waals surface area contributed by atoms with Crippen molar-refractivity contribution in [1.82, 2.24) is 0 Å². The Morgan fingerprint density at radius 1 is 1.40 bits per heavy atom. The Morgan fingerprint density at radius 3 is 2.45 bits per heavy atom. The highest BCUT2D eigenvalue weighted by Crippen LogP contribution is 2.21. The van der Waals surface area contributed by atoms with Crippen LogP contribution in [0.4, 0.5) is 11.4 Å². The van der Waals surface area contributed by atoms with Gasteiger partial charge in [0.2, 0.25) is 15.9 Å². The van der Waals surface area contributed by atoms with E-state index >= 15 is 0 Å². The Balaban J connectivity index is 2.91. The van der Waals surface area contributed by atoms with E-state index in [1.807, 2.05) is 6.92 Å². The maximum Gasteiger partial charge on any atom is 0.244 e. The van der Waals surface area contributed by atoms with Crippen LogP contribution in [0.1, 0.15) is 25.8 Å². The van der Waals surface area contributed by atoms with Gasteiger partial charge < -0.3 is 11.1 Å². The number of sulfonamides is 1. The van der Waals surface area contributed by atoms with Gasteiger partial charge in [0.25, 0.3) is 0 Å². The maximum atomic E-state index is 11.9. The van der Waals surface area contributed by atoms with E-state index in [2.05, 4.69) is 10.0 Å². The zero-order chi connectivity index (χ0) is 15.6. The summed E-state index contributed by atoms with van der Waals surface area (Å²) in [5.41, 5.74) is 6.70. The van der Waals surface area contributed by atoms with Crippen molar-refractivity contribution in [3.63, 3.8) is 0 Å². The third kappa shape index (κ3) is 4.50. The molecule has 20 heavy (non-hydrogen) atoms. The number of nitrogens with one attached hydrogen (secondary N) is 2. The van der Waals surface area contributed by atoms with Crippen molar-refractivity contribution in [2.24, 2.45) is 5.73 Å². The summed E-state index contributed by atoms with van der Waals surface area (Å²) in [5.74, 6) is -0.275. The monoisotopic (exact) mass is 299 g/mol. The van der Waals surface area contributed by atoms with Crippen LogP contribution in [0.3, 0.4) is 0 Å². The minimum atomic E-state index is -3.32. The third-order valence-electron chi connectivity index (χ3n) is 3.03. The topological polar surface area (TPSA) is 101 Å². The molecule has 0 bridgehead atoms. The molecule has 0 aliphatic rings. The van der Waals surface area contributed by atoms with Gasteiger partial charge in [-0.05, 0) is 44.0 Å². The van der Waals surface area contributed by atoms with E-state index in [1.165, 1.54) is 0 Å². The smallest absolute Gasteiger partial charge is 0.244 e. The van der Waals surface area contributed by atoms with Crippen LogP contribution < -0.4 is 15.8 Å². The van der Waals surface area contributed by atoms with E-state index in [0.717, 1.165) is 6.26 Å². The number of aryl methyl sites for hydroxylation is 1. The van der Waals surface area contributed by atoms with Crippen LogP contribution in [-0.2, 0) is 14.8 Å². The predicted molar refractivity (Wildman–Crippen MR) is 81.2 cm³/mol. The number of hydrogen-bond donors (Lipinski definition) is 3. The molecule has 0 radical (unpaired) electrons. The van der Waals surface area contributed by atoms with Gasteiger partial charge in [-0.3, -0.25) is 9.52 Å². The first-order chi connectivity index (χ1) is 9.05. The number of hydrogen-bond acceptors (Lipinski definition) is 4. The van der Waals surface area contributed by atoms with Crippen LogP contribution in [0, 0.1) is 6.92 Å². The lowest BCUT2D eigenvalue weighted by Crippen LogP contribution is -2.47. The number of rotatable bonds is 5. The molecule has 0 heterocycles. The van der Waals surface area contributed by atoms with Gasteiger partial charge in [0.15, 0.2) is 0 Å². The van der Waals surface area contributed by atoms with E-state index < -0.39 is 15.6 Å². The van der Waals surface area contributed by atoms with Crippen molar-refractivity contribution in [2.45, 2.75) is 32.7 Å². The maximum absolute atomic E-state index is 11.9. The second-order valence-electron chi connectivity index (χ2n) is 5.13. The quantitative estimate of drug-likeness (QED) is 0.765. The van der Waals surface area contributed by atoms with Crippen molar-refractivity contribution in [3.8, 4) is 0 Å². The molecule has 6 nitrogen and oxygen atoms in total. The van der Waals surface area contributed by atoms with Gasteiger partial charge in [0.1, 0.15) is 0 Å². The Labute approximate surface area is 119 Å². The highest BCUT2D eigenvalue weighted by molar-refractivity contribution is 7.92. The summed E-state index contributed by atoms with van der Waals surface area (Å²) < 4.78 is 24.8. The van der Waals surface area contributed by atoms with E-state index in [9.17, 15) is 13.2 Å². The van der Waals surface area contributed by atoms with Gasteiger partial charge in [-0.2, -0.15) is 0 Å². The molecule has 4 N–H and O–H groups in total. The van der Waals surface area contributed by atoms with Crippen LogP contribution in [0.25, 0.3) is 0 Å². The molecule has 1 aromatic rings. The summed E-state index contributed by atoms with van der Waals surface area (Å²) in [5, 5.41) is 2.72. The molecule has 1 rings (SSSR count). The highest BCUT2D eigenvalue weighted by Gasteiger charge is 2.25. The molecule has 0 spiro atoms.